The zero-order valence-corrected chi connectivity index (χ0v) is 19.1. The number of likely N-dealkylation sites (tertiary alicyclic amines) is 1. The molecule has 1 saturated heterocycles. The molecule has 2 aromatic heterocycles. The lowest BCUT2D eigenvalue weighted by molar-refractivity contribution is -0.141. The van der Waals surface area contributed by atoms with Gasteiger partial charge in [0.15, 0.2) is 11.3 Å². The van der Waals surface area contributed by atoms with E-state index in [-0.39, 0.29) is 36.8 Å². The van der Waals surface area contributed by atoms with E-state index in [0.717, 1.165) is 12.8 Å². The van der Waals surface area contributed by atoms with Gasteiger partial charge in [0.2, 0.25) is 0 Å². The van der Waals surface area contributed by atoms with Gasteiger partial charge in [0.05, 0.1) is 31.6 Å². The Morgan fingerprint density at radius 3 is 2.82 bits per heavy atom. The Hall–Kier alpha value is -3.37. The van der Waals surface area contributed by atoms with Crippen molar-refractivity contribution in [2.45, 2.75) is 44.1 Å². The van der Waals surface area contributed by atoms with Gasteiger partial charge < -0.3 is 29.2 Å². The van der Waals surface area contributed by atoms with Crippen LogP contribution in [0.4, 0.5) is 6.01 Å². The van der Waals surface area contributed by atoms with Crippen LogP contribution in [0, 0.1) is 0 Å². The first-order valence-electron chi connectivity index (χ1n) is 10.9. The summed E-state index contributed by atoms with van der Waals surface area (Å²) in [6.07, 6.45) is 3.72. The van der Waals surface area contributed by atoms with Crippen LogP contribution in [0.5, 0.6) is 5.75 Å². The van der Waals surface area contributed by atoms with E-state index in [1.54, 1.807) is 24.4 Å². The molecule has 1 unspecified atom stereocenters. The zero-order valence-electron chi connectivity index (χ0n) is 18.4. The number of rotatable bonds is 8. The average molecular weight is 487 g/mol. The van der Waals surface area contributed by atoms with E-state index in [1.165, 1.54) is 18.1 Å². The predicted octanol–water partition coefficient (Wildman–Crippen LogP) is 3.34. The summed E-state index contributed by atoms with van der Waals surface area (Å²) in [6, 6.07) is 5.79. The minimum atomic E-state index is -1.05. The number of carboxylic acid groups (broad SMARTS) is 1. The number of nitrogens with one attached hydrogen (secondary N) is 1. The van der Waals surface area contributed by atoms with Gasteiger partial charge >= 0.3 is 5.97 Å². The number of hydrogen-bond acceptors (Lipinski definition) is 8. The molecule has 2 fully saturated rings. The van der Waals surface area contributed by atoms with Crippen LogP contribution in [-0.4, -0.2) is 63.8 Å². The maximum Gasteiger partial charge on any atom is 0.326 e. The van der Waals surface area contributed by atoms with E-state index < -0.39 is 17.9 Å². The number of pyridine rings is 1. The molecule has 1 aliphatic heterocycles. The molecule has 0 radical (unpaired) electrons. The fraction of sp³-hybridized carbons (Fsp3) is 0.391. The van der Waals surface area contributed by atoms with Crippen molar-refractivity contribution in [2.24, 2.45) is 0 Å². The standard InChI is InChI=1S/C23H23ClN4O6/c1-32-19-7-12(21(29)28-11-16(33-15-2-3-15)9-18(28)22(30)31)6-17-20(19)34-23(27-17)26-10-14-8-13(24)4-5-25-14/h4-8,15-16,18H,2-3,9-11H2,1H3,(H,26,27)(H,30,31)/t16?,18-/m0/s1. The number of anilines is 1. The van der Waals surface area contributed by atoms with Crippen LogP contribution in [-0.2, 0) is 16.1 Å². The second kappa shape index (κ2) is 9.11. The summed E-state index contributed by atoms with van der Waals surface area (Å²) in [7, 11) is 1.46. The van der Waals surface area contributed by atoms with Crippen LogP contribution in [0.3, 0.4) is 0 Å². The van der Waals surface area contributed by atoms with Crippen LogP contribution in [0.25, 0.3) is 11.1 Å². The number of ether oxygens (including phenoxy) is 2. The summed E-state index contributed by atoms with van der Waals surface area (Å²) in [6.45, 7) is 0.558. The summed E-state index contributed by atoms with van der Waals surface area (Å²) >= 11 is 5.99. The molecule has 3 heterocycles. The third-order valence-corrected chi connectivity index (χ3v) is 6.08. The molecule has 2 N–H and O–H groups in total. The summed E-state index contributed by atoms with van der Waals surface area (Å²) in [5.74, 6) is -1.15. The summed E-state index contributed by atoms with van der Waals surface area (Å²) in [5.41, 5.74) is 1.74. The molecule has 1 aromatic carbocycles. The van der Waals surface area contributed by atoms with Gasteiger partial charge in [0, 0.05) is 29.7 Å². The molecular weight excluding hydrogens is 464 g/mol. The lowest BCUT2D eigenvalue weighted by atomic mass is 10.1. The molecule has 1 amide bonds. The normalized spacial score (nSPS) is 20.0. The Balaban J connectivity index is 1.38. The van der Waals surface area contributed by atoms with E-state index in [0.29, 0.717) is 34.1 Å². The van der Waals surface area contributed by atoms with Gasteiger partial charge in [-0.3, -0.25) is 9.78 Å². The number of benzene rings is 1. The number of oxazole rings is 1. The monoisotopic (exact) mass is 486 g/mol. The summed E-state index contributed by atoms with van der Waals surface area (Å²) in [4.78, 5) is 35.1. The molecule has 2 aliphatic rings. The first kappa shape index (κ1) is 22.4. The minimum absolute atomic E-state index is 0.175. The van der Waals surface area contributed by atoms with Gasteiger partial charge in [-0.15, -0.1) is 0 Å². The smallest absolute Gasteiger partial charge is 0.326 e. The van der Waals surface area contributed by atoms with Crippen LogP contribution in [0.2, 0.25) is 5.02 Å². The maximum atomic E-state index is 13.3. The van der Waals surface area contributed by atoms with Crippen molar-refractivity contribution < 1.29 is 28.6 Å². The third kappa shape index (κ3) is 4.64. The second-order valence-electron chi connectivity index (χ2n) is 8.37. The molecule has 10 nitrogen and oxygen atoms in total. The highest BCUT2D eigenvalue weighted by Crippen LogP contribution is 2.33. The number of carbonyl (C=O) groups is 2. The lowest BCUT2D eigenvalue weighted by Gasteiger charge is -2.21. The first-order chi connectivity index (χ1) is 16.4. The number of carbonyl (C=O) groups excluding carboxylic acids is 1. The number of halogens is 1. The molecule has 3 aromatic rings. The van der Waals surface area contributed by atoms with Gasteiger partial charge in [0.25, 0.3) is 11.9 Å². The molecule has 178 valence electrons. The second-order valence-corrected chi connectivity index (χ2v) is 8.81. The minimum Gasteiger partial charge on any atom is -0.493 e. The Morgan fingerprint density at radius 2 is 2.12 bits per heavy atom. The predicted molar refractivity (Wildman–Crippen MR) is 122 cm³/mol. The van der Waals surface area contributed by atoms with Crippen molar-refractivity contribution in [3.05, 3.63) is 46.7 Å². The fourth-order valence-electron chi connectivity index (χ4n) is 4.06. The number of aromatic nitrogens is 2. The van der Waals surface area contributed by atoms with E-state index >= 15 is 0 Å². The molecule has 1 saturated carbocycles. The molecule has 34 heavy (non-hydrogen) atoms. The van der Waals surface area contributed by atoms with Gasteiger partial charge in [0.1, 0.15) is 11.6 Å². The van der Waals surface area contributed by atoms with E-state index in [1.807, 2.05) is 0 Å². The van der Waals surface area contributed by atoms with Crippen LogP contribution >= 0.6 is 11.6 Å². The van der Waals surface area contributed by atoms with Crippen LogP contribution in [0.15, 0.2) is 34.9 Å². The lowest BCUT2D eigenvalue weighted by Crippen LogP contribution is -2.40. The van der Waals surface area contributed by atoms with E-state index in [2.05, 4.69) is 15.3 Å². The number of fused-ring (bicyclic) bond motifs is 1. The number of amides is 1. The van der Waals surface area contributed by atoms with E-state index in [9.17, 15) is 14.7 Å². The summed E-state index contributed by atoms with van der Waals surface area (Å²) < 4.78 is 17.1. The molecule has 0 bridgehead atoms. The number of nitrogens with zero attached hydrogens (tertiary/aromatic N) is 3. The number of carboxylic acids is 1. The average Bonchev–Trinajstić information content (AvgIpc) is 3.37. The highest BCUT2D eigenvalue weighted by atomic mass is 35.5. The van der Waals surface area contributed by atoms with Crippen LogP contribution in [0.1, 0.15) is 35.3 Å². The van der Waals surface area contributed by atoms with Crippen molar-refractivity contribution in [3.63, 3.8) is 0 Å². The largest absolute Gasteiger partial charge is 0.493 e. The van der Waals surface area contributed by atoms with Crippen molar-refractivity contribution in [3.8, 4) is 5.75 Å². The summed E-state index contributed by atoms with van der Waals surface area (Å²) in [5, 5.41) is 13.3. The van der Waals surface area contributed by atoms with Gasteiger partial charge in [-0.1, -0.05) is 11.6 Å². The molecule has 11 heteroatoms. The number of hydrogen-bond donors (Lipinski definition) is 2. The van der Waals surface area contributed by atoms with Crippen molar-refractivity contribution >= 4 is 40.6 Å². The Kier molecular flexibility index (Phi) is 6.01. The molecule has 1 aliphatic carbocycles. The number of methoxy groups -OCH3 is 1. The SMILES string of the molecule is COc1cc(C(=O)N2CC(OC3CC3)C[C@H]2C(=O)O)cc2nc(NCc3cc(Cl)ccn3)oc12. The highest BCUT2D eigenvalue weighted by molar-refractivity contribution is 6.30. The fourth-order valence-corrected chi connectivity index (χ4v) is 4.24. The Bertz CT molecular complexity index is 1240. The maximum absolute atomic E-state index is 13.3. The van der Waals surface area contributed by atoms with Crippen molar-refractivity contribution in [1.29, 1.82) is 0 Å². The molecule has 2 atom stereocenters. The molecule has 5 rings (SSSR count). The third-order valence-electron chi connectivity index (χ3n) is 5.84. The first-order valence-corrected chi connectivity index (χ1v) is 11.3. The van der Waals surface area contributed by atoms with E-state index in [4.69, 9.17) is 25.5 Å². The molecular formula is C23H23ClN4O6. The highest BCUT2D eigenvalue weighted by Gasteiger charge is 2.42. The molecule has 0 spiro atoms. The van der Waals surface area contributed by atoms with Crippen molar-refractivity contribution in [2.75, 3.05) is 19.0 Å². The van der Waals surface area contributed by atoms with Gasteiger partial charge in [-0.25, -0.2) is 4.79 Å². The topological polar surface area (TPSA) is 127 Å². The number of aliphatic carboxylic acids is 1. The van der Waals surface area contributed by atoms with Crippen LogP contribution < -0.4 is 10.1 Å². The van der Waals surface area contributed by atoms with Crippen molar-refractivity contribution in [1.82, 2.24) is 14.9 Å². The quantitative estimate of drug-likeness (QED) is 0.492. The Labute approximate surface area is 199 Å². The van der Waals surface area contributed by atoms with Gasteiger partial charge in [-0.2, -0.15) is 4.98 Å². The Morgan fingerprint density at radius 1 is 1.29 bits per heavy atom. The van der Waals surface area contributed by atoms with Gasteiger partial charge in [-0.05, 0) is 37.1 Å². The zero-order chi connectivity index (χ0) is 23.8.